The third-order valence-electron chi connectivity index (χ3n) is 4.58. The van der Waals surface area contributed by atoms with E-state index in [4.69, 9.17) is 4.52 Å². The van der Waals surface area contributed by atoms with Gasteiger partial charge in [0.25, 0.3) is 0 Å². The zero-order valence-corrected chi connectivity index (χ0v) is 15.0. The molecule has 1 aliphatic rings. The summed E-state index contributed by atoms with van der Waals surface area (Å²) in [6.45, 7) is 6.78. The second-order valence-corrected chi connectivity index (χ2v) is 6.69. The van der Waals surface area contributed by atoms with Crippen LogP contribution in [0.25, 0.3) is 0 Å². The SMILES string of the molecule is CCC(NC(=O)N1CCCC1c1noc(C(C)C)n1)c1ccncc1. The Morgan fingerprint density at radius 2 is 2.16 bits per heavy atom. The number of aromatic nitrogens is 3. The Morgan fingerprint density at radius 1 is 1.40 bits per heavy atom. The van der Waals surface area contributed by atoms with Crippen molar-refractivity contribution >= 4 is 6.03 Å². The number of urea groups is 1. The average molecular weight is 343 g/mol. The smallest absolute Gasteiger partial charge is 0.318 e. The zero-order chi connectivity index (χ0) is 17.8. The van der Waals surface area contributed by atoms with Gasteiger partial charge in [-0.2, -0.15) is 4.98 Å². The average Bonchev–Trinajstić information content (AvgIpc) is 3.28. The number of rotatable bonds is 5. The van der Waals surface area contributed by atoms with Crippen LogP contribution in [0.5, 0.6) is 0 Å². The van der Waals surface area contributed by atoms with Gasteiger partial charge in [-0.05, 0) is 37.0 Å². The van der Waals surface area contributed by atoms with Crippen LogP contribution in [0.2, 0.25) is 0 Å². The normalized spacial score (nSPS) is 18.6. The van der Waals surface area contributed by atoms with Gasteiger partial charge in [0.15, 0.2) is 5.82 Å². The monoisotopic (exact) mass is 343 g/mol. The molecule has 1 saturated heterocycles. The third kappa shape index (κ3) is 3.81. The van der Waals surface area contributed by atoms with E-state index >= 15 is 0 Å². The van der Waals surface area contributed by atoms with E-state index in [1.54, 1.807) is 12.4 Å². The summed E-state index contributed by atoms with van der Waals surface area (Å²) in [4.78, 5) is 23.2. The van der Waals surface area contributed by atoms with E-state index in [1.807, 2.05) is 30.9 Å². The Morgan fingerprint density at radius 3 is 2.80 bits per heavy atom. The standard InChI is InChI=1S/C18H25N5O2/c1-4-14(13-7-9-19-10-8-13)20-18(24)23-11-5-6-15(23)16-21-17(12(2)3)25-22-16/h7-10,12,14-15H,4-6,11H2,1-3H3,(H,20,24). The molecule has 2 unspecified atom stereocenters. The van der Waals surface area contributed by atoms with Crippen LogP contribution in [0.4, 0.5) is 4.79 Å². The third-order valence-corrected chi connectivity index (χ3v) is 4.58. The molecule has 0 bridgehead atoms. The summed E-state index contributed by atoms with van der Waals surface area (Å²) in [5.41, 5.74) is 1.06. The van der Waals surface area contributed by atoms with Crippen molar-refractivity contribution in [2.45, 2.75) is 58.0 Å². The van der Waals surface area contributed by atoms with Gasteiger partial charge in [0.1, 0.15) is 0 Å². The lowest BCUT2D eigenvalue weighted by Crippen LogP contribution is -2.41. The lowest BCUT2D eigenvalue weighted by molar-refractivity contribution is 0.185. The van der Waals surface area contributed by atoms with Gasteiger partial charge in [-0.1, -0.05) is 25.9 Å². The lowest BCUT2D eigenvalue weighted by Gasteiger charge is -2.26. The van der Waals surface area contributed by atoms with Crippen LogP contribution in [0.15, 0.2) is 29.0 Å². The number of amides is 2. The van der Waals surface area contributed by atoms with Crippen molar-refractivity contribution in [2.75, 3.05) is 6.54 Å². The molecule has 1 fully saturated rings. The van der Waals surface area contributed by atoms with Gasteiger partial charge in [-0.3, -0.25) is 4.98 Å². The molecule has 0 spiro atoms. The number of nitrogens with one attached hydrogen (secondary N) is 1. The topological polar surface area (TPSA) is 84.2 Å². The lowest BCUT2D eigenvalue weighted by atomic mass is 10.1. The molecule has 0 radical (unpaired) electrons. The Labute approximate surface area is 147 Å². The van der Waals surface area contributed by atoms with Crippen molar-refractivity contribution < 1.29 is 9.32 Å². The van der Waals surface area contributed by atoms with E-state index in [2.05, 4.69) is 27.4 Å². The first-order chi connectivity index (χ1) is 12.1. The molecule has 2 aromatic heterocycles. The molecule has 7 nitrogen and oxygen atoms in total. The predicted molar refractivity (Wildman–Crippen MR) is 92.9 cm³/mol. The molecule has 3 rings (SSSR count). The summed E-state index contributed by atoms with van der Waals surface area (Å²) >= 11 is 0. The van der Waals surface area contributed by atoms with Crippen molar-refractivity contribution in [2.24, 2.45) is 0 Å². The molecule has 2 amide bonds. The highest BCUT2D eigenvalue weighted by Crippen LogP contribution is 2.31. The van der Waals surface area contributed by atoms with Crippen LogP contribution in [-0.4, -0.2) is 32.6 Å². The van der Waals surface area contributed by atoms with Crippen molar-refractivity contribution in [3.8, 4) is 0 Å². The van der Waals surface area contributed by atoms with Gasteiger partial charge in [0, 0.05) is 24.9 Å². The molecule has 1 N–H and O–H groups in total. The van der Waals surface area contributed by atoms with E-state index in [1.165, 1.54) is 0 Å². The zero-order valence-electron chi connectivity index (χ0n) is 15.0. The highest BCUT2D eigenvalue weighted by Gasteiger charge is 2.34. The maximum atomic E-state index is 12.8. The van der Waals surface area contributed by atoms with E-state index in [0.29, 0.717) is 18.3 Å². The minimum absolute atomic E-state index is 0.0340. The number of carbonyl (C=O) groups is 1. The van der Waals surface area contributed by atoms with E-state index in [-0.39, 0.29) is 24.0 Å². The largest absolute Gasteiger partial charge is 0.339 e. The van der Waals surface area contributed by atoms with Gasteiger partial charge in [-0.15, -0.1) is 0 Å². The number of hydrogen-bond donors (Lipinski definition) is 1. The predicted octanol–water partition coefficient (Wildman–Crippen LogP) is 3.59. The Balaban J connectivity index is 1.71. The fourth-order valence-corrected chi connectivity index (χ4v) is 3.14. The summed E-state index contributed by atoms with van der Waals surface area (Å²) in [5, 5.41) is 7.22. The quantitative estimate of drug-likeness (QED) is 0.897. The van der Waals surface area contributed by atoms with Gasteiger partial charge >= 0.3 is 6.03 Å². The Bertz CT molecular complexity index is 701. The minimum Gasteiger partial charge on any atom is -0.339 e. The van der Waals surface area contributed by atoms with E-state index < -0.39 is 0 Å². The van der Waals surface area contributed by atoms with E-state index in [9.17, 15) is 4.79 Å². The molecular formula is C18H25N5O2. The first-order valence-electron chi connectivity index (χ1n) is 8.90. The maximum absolute atomic E-state index is 12.8. The molecule has 1 aliphatic heterocycles. The summed E-state index contributed by atoms with van der Waals surface area (Å²) in [7, 11) is 0. The molecule has 25 heavy (non-hydrogen) atoms. The van der Waals surface area contributed by atoms with Crippen LogP contribution < -0.4 is 5.32 Å². The Hall–Kier alpha value is -2.44. The van der Waals surface area contributed by atoms with Crippen LogP contribution in [0.3, 0.4) is 0 Å². The number of carbonyl (C=O) groups excluding carboxylic acids is 1. The minimum atomic E-state index is -0.119. The molecule has 134 valence electrons. The van der Waals surface area contributed by atoms with Gasteiger partial charge in [-0.25, -0.2) is 4.79 Å². The molecule has 0 aromatic carbocycles. The van der Waals surface area contributed by atoms with E-state index in [0.717, 1.165) is 24.8 Å². The van der Waals surface area contributed by atoms with Gasteiger partial charge in [0.2, 0.25) is 5.89 Å². The number of likely N-dealkylation sites (tertiary alicyclic amines) is 1. The first-order valence-corrected chi connectivity index (χ1v) is 8.90. The molecule has 0 saturated carbocycles. The summed E-state index contributed by atoms with van der Waals surface area (Å²) < 4.78 is 5.31. The fourth-order valence-electron chi connectivity index (χ4n) is 3.14. The number of nitrogens with zero attached hydrogens (tertiary/aromatic N) is 4. The molecule has 3 heterocycles. The highest BCUT2D eigenvalue weighted by atomic mass is 16.5. The van der Waals surface area contributed by atoms with Crippen molar-refractivity contribution in [1.29, 1.82) is 0 Å². The van der Waals surface area contributed by atoms with Gasteiger partial charge < -0.3 is 14.7 Å². The van der Waals surface area contributed by atoms with Crippen LogP contribution in [0, 0.1) is 0 Å². The van der Waals surface area contributed by atoms with Gasteiger partial charge in [0.05, 0.1) is 12.1 Å². The molecule has 2 atom stereocenters. The highest BCUT2D eigenvalue weighted by molar-refractivity contribution is 5.75. The summed E-state index contributed by atoms with van der Waals surface area (Å²) in [6.07, 6.45) is 6.10. The Kier molecular flexibility index (Phi) is 5.31. The van der Waals surface area contributed by atoms with Crippen LogP contribution >= 0.6 is 0 Å². The van der Waals surface area contributed by atoms with Crippen LogP contribution in [0.1, 0.15) is 75.3 Å². The maximum Gasteiger partial charge on any atom is 0.318 e. The molecular weight excluding hydrogens is 318 g/mol. The molecule has 0 aliphatic carbocycles. The molecule has 2 aromatic rings. The van der Waals surface area contributed by atoms with Crippen molar-refractivity contribution in [3.63, 3.8) is 0 Å². The van der Waals surface area contributed by atoms with Crippen LogP contribution in [-0.2, 0) is 0 Å². The number of hydrogen-bond acceptors (Lipinski definition) is 5. The second-order valence-electron chi connectivity index (χ2n) is 6.69. The van der Waals surface area contributed by atoms with Crippen molar-refractivity contribution in [1.82, 2.24) is 25.3 Å². The summed E-state index contributed by atoms with van der Waals surface area (Å²) in [6, 6.07) is 3.63. The fraction of sp³-hybridized carbons (Fsp3) is 0.556. The number of pyridine rings is 1. The van der Waals surface area contributed by atoms with Crippen molar-refractivity contribution in [3.05, 3.63) is 41.8 Å². The summed E-state index contributed by atoms with van der Waals surface area (Å²) in [5.74, 6) is 1.40. The first kappa shape index (κ1) is 17.4. The molecule has 7 heteroatoms. The second kappa shape index (κ2) is 7.63.